The van der Waals surface area contributed by atoms with Crippen molar-refractivity contribution in [2.45, 2.75) is 19.8 Å². The molecule has 1 unspecified atom stereocenters. The molecule has 0 bridgehead atoms. The highest BCUT2D eigenvalue weighted by Crippen LogP contribution is 2.01. The smallest absolute Gasteiger partial charge is 0.314 e. The predicted octanol–water partition coefficient (Wildman–Crippen LogP) is -0.355. The van der Waals surface area contributed by atoms with Gasteiger partial charge >= 0.3 is 12.0 Å². The zero-order valence-corrected chi connectivity index (χ0v) is 12.3. The van der Waals surface area contributed by atoms with E-state index in [0.29, 0.717) is 32.7 Å². The lowest BCUT2D eigenvalue weighted by atomic mass is 10.1. The third-order valence-electron chi connectivity index (χ3n) is 3.34. The molecular weight excluding hydrogens is 278 g/mol. The first-order chi connectivity index (χ1) is 10.0. The van der Waals surface area contributed by atoms with Gasteiger partial charge in [0.05, 0.1) is 19.1 Å². The number of hydrogen-bond acceptors (Lipinski definition) is 4. The van der Waals surface area contributed by atoms with Crippen molar-refractivity contribution in [2.24, 2.45) is 5.92 Å². The van der Waals surface area contributed by atoms with Gasteiger partial charge in [-0.1, -0.05) is 6.92 Å². The number of amides is 3. The summed E-state index contributed by atoms with van der Waals surface area (Å²) in [5, 5.41) is 13.9. The Morgan fingerprint density at radius 2 is 1.90 bits per heavy atom. The van der Waals surface area contributed by atoms with E-state index >= 15 is 0 Å². The molecule has 0 aliphatic carbocycles. The number of nitrogens with zero attached hydrogens (tertiary/aromatic N) is 1. The van der Waals surface area contributed by atoms with E-state index in [1.54, 1.807) is 11.8 Å². The molecule has 1 saturated heterocycles. The third kappa shape index (κ3) is 6.44. The summed E-state index contributed by atoms with van der Waals surface area (Å²) in [6, 6.07) is -0.454. The molecule has 120 valence electrons. The molecule has 1 rings (SSSR count). The summed E-state index contributed by atoms with van der Waals surface area (Å²) in [6.07, 6.45) is 0.675. The fourth-order valence-corrected chi connectivity index (χ4v) is 1.94. The van der Waals surface area contributed by atoms with Crippen LogP contribution in [0.2, 0.25) is 0 Å². The Labute approximate surface area is 123 Å². The Bertz CT molecular complexity index is 369. The minimum atomic E-state index is -0.930. The van der Waals surface area contributed by atoms with E-state index in [2.05, 4.69) is 10.6 Å². The van der Waals surface area contributed by atoms with Crippen LogP contribution in [-0.4, -0.2) is 67.3 Å². The molecule has 3 N–H and O–H groups in total. The lowest BCUT2D eigenvalue weighted by Crippen LogP contribution is -2.43. The van der Waals surface area contributed by atoms with Crippen LogP contribution in [0, 0.1) is 5.92 Å². The van der Waals surface area contributed by atoms with Crippen molar-refractivity contribution < 1.29 is 24.2 Å². The van der Waals surface area contributed by atoms with Crippen LogP contribution < -0.4 is 10.6 Å². The molecule has 1 atom stereocenters. The van der Waals surface area contributed by atoms with E-state index in [0.717, 1.165) is 0 Å². The second-order valence-corrected chi connectivity index (χ2v) is 4.82. The van der Waals surface area contributed by atoms with Crippen molar-refractivity contribution in [3.63, 3.8) is 0 Å². The Hall–Kier alpha value is -1.83. The normalized spacial score (nSPS) is 16.1. The fraction of sp³-hybridized carbons (Fsp3) is 0.769. The van der Waals surface area contributed by atoms with Crippen LogP contribution >= 0.6 is 0 Å². The molecule has 8 heteroatoms. The van der Waals surface area contributed by atoms with Crippen LogP contribution in [0.25, 0.3) is 0 Å². The van der Waals surface area contributed by atoms with Gasteiger partial charge in [0.25, 0.3) is 0 Å². The van der Waals surface area contributed by atoms with Gasteiger partial charge < -0.3 is 25.4 Å². The average molecular weight is 301 g/mol. The maximum atomic E-state index is 11.8. The average Bonchev–Trinajstić information content (AvgIpc) is 2.48. The van der Waals surface area contributed by atoms with Crippen LogP contribution in [0.3, 0.4) is 0 Å². The minimum absolute atomic E-state index is 0.0180. The van der Waals surface area contributed by atoms with Crippen LogP contribution in [0.1, 0.15) is 19.8 Å². The first-order valence-electron chi connectivity index (χ1n) is 7.14. The largest absolute Gasteiger partial charge is 0.481 e. The molecule has 0 saturated carbocycles. The zero-order chi connectivity index (χ0) is 15.7. The van der Waals surface area contributed by atoms with Gasteiger partial charge in [-0.25, -0.2) is 4.79 Å². The molecule has 0 spiro atoms. The quantitative estimate of drug-likeness (QED) is 0.595. The van der Waals surface area contributed by atoms with Crippen molar-refractivity contribution >= 4 is 17.9 Å². The van der Waals surface area contributed by atoms with Crippen LogP contribution in [0.5, 0.6) is 0 Å². The van der Waals surface area contributed by atoms with E-state index in [1.165, 1.54) is 0 Å². The number of morpholine rings is 1. The second-order valence-electron chi connectivity index (χ2n) is 4.82. The molecule has 1 aliphatic heterocycles. The summed E-state index contributed by atoms with van der Waals surface area (Å²) in [7, 11) is 0. The van der Waals surface area contributed by atoms with Gasteiger partial charge in [-0.05, 0) is 6.42 Å². The van der Waals surface area contributed by atoms with Crippen LogP contribution in [0.4, 0.5) is 4.79 Å². The molecule has 0 aromatic rings. The zero-order valence-electron chi connectivity index (χ0n) is 12.3. The number of carboxylic acids is 1. The lowest BCUT2D eigenvalue weighted by molar-refractivity contribution is -0.141. The Morgan fingerprint density at radius 3 is 2.48 bits per heavy atom. The fourth-order valence-electron chi connectivity index (χ4n) is 1.94. The van der Waals surface area contributed by atoms with E-state index < -0.39 is 17.9 Å². The summed E-state index contributed by atoms with van der Waals surface area (Å²) in [5.41, 5.74) is 0. The molecule has 1 aliphatic rings. The summed E-state index contributed by atoms with van der Waals surface area (Å²) in [4.78, 5) is 35.8. The van der Waals surface area contributed by atoms with Crippen molar-refractivity contribution in [3.8, 4) is 0 Å². The highest BCUT2D eigenvalue weighted by atomic mass is 16.5. The topological polar surface area (TPSA) is 108 Å². The molecule has 1 heterocycles. The van der Waals surface area contributed by atoms with Gasteiger partial charge in [-0.2, -0.15) is 0 Å². The number of rotatable bonds is 7. The van der Waals surface area contributed by atoms with Gasteiger partial charge in [0.2, 0.25) is 5.91 Å². The number of nitrogens with one attached hydrogen (secondary N) is 2. The lowest BCUT2D eigenvalue weighted by Gasteiger charge is -2.26. The Morgan fingerprint density at radius 1 is 1.24 bits per heavy atom. The maximum absolute atomic E-state index is 11.8. The van der Waals surface area contributed by atoms with E-state index in [4.69, 9.17) is 9.84 Å². The standard InChI is InChI=1S/C13H23N3O5/c1-2-10(12(18)19)9-15-13(20)14-4-3-11(17)16-5-7-21-8-6-16/h10H,2-9H2,1H3,(H,18,19)(H2,14,15,20). The van der Waals surface area contributed by atoms with Gasteiger partial charge in [-0.15, -0.1) is 0 Å². The van der Waals surface area contributed by atoms with Crippen molar-refractivity contribution in [2.75, 3.05) is 39.4 Å². The molecule has 3 amide bonds. The van der Waals surface area contributed by atoms with Gasteiger partial charge in [0, 0.05) is 32.6 Å². The highest BCUT2D eigenvalue weighted by Gasteiger charge is 2.17. The number of carbonyl (C=O) groups excluding carboxylic acids is 2. The summed E-state index contributed by atoms with van der Waals surface area (Å²) in [6.45, 7) is 4.32. The van der Waals surface area contributed by atoms with Gasteiger partial charge in [0.1, 0.15) is 0 Å². The number of urea groups is 1. The Balaban J connectivity index is 2.15. The minimum Gasteiger partial charge on any atom is -0.481 e. The molecule has 0 aromatic carbocycles. The number of carboxylic acid groups (broad SMARTS) is 1. The first-order valence-corrected chi connectivity index (χ1v) is 7.14. The number of hydrogen-bond donors (Lipinski definition) is 3. The molecular formula is C13H23N3O5. The van der Waals surface area contributed by atoms with E-state index in [-0.39, 0.29) is 25.4 Å². The molecule has 8 nitrogen and oxygen atoms in total. The molecule has 21 heavy (non-hydrogen) atoms. The van der Waals surface area contributed by atoms with Crippen LogP contribution in [-0.2, 0) is 14.3 Å². The monoisotopic (exact) mass is 301 g/mol. The SMILES string of the molecule is CCC(CNC(=O)NCCC(=O)N1CCOCC1)C(=O)O. The first kappa shape index (κ1) is 17.2. The molecule has 0 radical (unpaired) electrons. The number of aliphatic carboxylic acids is 1. The molecule has 0 aromatic heterocycles. The van der Waals surface area contributed by atoms with Crippen molar-refractivity contribution in [3.05, 3.63) is 0 Å². The number of carbonyl (C=O) groups is 3. The maximum Gasteiger partial charge on any atom is 0.314 e. The summed E-state index contributed by atoms with van der Waals surface area (Å²) in [5.74, 6) is -1.54. The van der Waals surface area contributed by atoms with Gasteiger partial charge in [-0.3, -0.25) is 9.59 Å². The van der Waals surface area contributed by atoms with Gasteiger partial charge in [0.15, 0.2) is 0 Å². The number of ether oxygens (including phenoxy) is 1. The summed E-state index contributed by atoms with van der Waals surface area (Å²) < 4.78 is 5.16. The predicted molar refractivity (Wildman–Crippen MR) is 74.8 cm³/mol. The molecule has 1 fully saturated rings. The second kappa shape index (κ2) is 9.17. The third-order valence-corrected chi connectivity index (χ3v) is 3.34. The van der Waals surface area contributed by atoms with Crippen molar-refractivity contribution in [1.29, 1.82) is 0 Å². The van der Waals surface area contributed by atoms with Crippen LogP contribution in [0.15, 0.2) is 0 Å². The van der Waals surface area contributed by atoms with E-state index in [1.807, 2.05) is 0 Å². The Kier molecular flexibility index (Phi) is 7.52. The van der Waals surface area contributed by atoms with Crippen molar-refractivity contribution in [1.82, 2.24) is 15.5 Å². The highest BCUT2D eigenvalue weighted by molar-refractivity contribution is 5.78. The van der Waals surface area contributed by atoms with E-state index in [9.17, 15) is 14.4 Å². The summed E-state index contributed by atoms with van der Waals surface area (Å²) >= 11 is 0.